The van der Waals surface area contributed by atoms with Gasteiger partial charge in [-0.1, -0.05) is 121 Å². The van der Waals surface area contributed by atoms with E-state index in [0.29, 0.717) is 29.2 Å². The Labute approximate surface area is 279 Å². The zero-order valence-corrected chi connectivity index (χ0v) is 28.4. The Bertz CT molecular complexity index is 1470. The van der Waals surface area contributed by atoms with Crippen molar-refractivity contribution < 1.29 is 22.3 Å². The molecule has 0 saturated heterocycles. The van der Waals surface area contributed by atoms with E-state index in [9.17, 15) is 4.39 Å². The van der Waals surface area contributed by atoms with Crippen LogP contribution in [0.1, 0.15) is 122 Å². The van der Waals surface area contributed by atoms with E-state index in [4.69, 9.17) is 4.74 Å². The van der Waals surface area contributed by atoms with E-state index in [-0.39, 0.29) is 16.9 Å². The van der Waals surface area contributed by atoms with Crippen LogP contribution in [0.5, 0.6) is 5.75 Å². The third-order valence-electron chi connectivity index (χ3n) is 10.7. The molecule has 5 rings (SSSR count). The Hall–Kier alpha value is -3.08. The van der Waals surface area contributed by atoms with Gasteiger partial charge in [-0.2, -0.15) is 4.39 Å². The second-order valence-corrected chi connectivity index (χ2v) is 13.9. The van der Waals surface area contributed by atoms with Gasteiger partial charge in [0.15, 0.2) is 23.2 Å². The third-order valence-corrected chi connectivity index (χ3v) is 10.7. The third kappa shape index (κ3) is 8.89. The molecule has 0 N–H and O–H groups in total. The molecule has 0 radical (unpaired) electrons. The first kappa shape index (κ1) is 35.2. The summed E-state index contributed by atoms with van der Waals surface area (Å²) in [6, 6.07) is 12.7. The Kier molecular flexibility index (Phi) is 13.0. The van der Waals surface area contributed by atoms with Crippen molar-refractivity contribution in [2.45, 2.75) is 117 Å². The van der Waals surface area contributed by atoms with Gasteiger partial charge in [0.2, 0.25) is 5.82 Å². The fraction of sp³-hybridized carbons (Fsp3) is 0.524. The molecule has 2 aliphatic rings. The minimum Gasteiger partial charge on any atom is -0.490 e. The lowest BCUT2D eigenvalue weighted by molar-refractivity contribution is 0.187. The summed E-state index contributed by atoms with van der Waals surface area (Å²) in [5, 5.41) is 0. The summed E-state index contributed by atoms with van der Waals surface area (Å²) in [5.74, 6) is -1.51. The maximum atomic E-state index is 15.5. The molecule has 1 atom stereocenters. The molecule has 47 heavy (non-hydrogen) atoms. The van der Waals surface area contributed by atoms with Crippen LogP contribution >= 0.6 is 0 Å². The Balaban J connectivity index is 1.19. The molecular formula is C42H52F4O. The number of hydrogen-bond donors (Lipinski definition) is 0. The number of unbranched alkanes of at least 4 members (excludes halogenated alkanes) is 6. The quantitative estimate of drug-likeness (QED) is 0.118. The van der Waals surface area contributed by atoms with E-state index >= 15 is 13.2 Å². The lowest BCUT2D eigenvalue weighted by Crippen LogP contribution is -2.23. The van der Waals surface area contributed by atoms with Crippen LogP contribution in [0.4, 0.5) is 17.6 Å². The zero-order valence-electron chi connectivity index (χ0n) is 28.4. The van der Waals surface area contributed by atoms with Crippen LogP contribution in [-0.2, 0) is 0 Å². The first-order valence-corrected chi connectivity index (χ1v) is 18.3. The average molecular weight is 649 g/mol. The number of allylic oxidation sites excluding steroid dienone is 2. The molecular weight excluding hydrogens is 596 g/mol. The van der Waals surface area contributed by atoms with Crippen molar-refractivity contribution >= 4 is 5.57 Å². The standard InChI is InChI=1S/C42H52F4O/c1-3-5-7-8-10-28-47-38-27-26-37(41(45)42(38)46)34-22-20-33(21-23-34)36-25-24-35(39(43)40(36)44)32-18-16-31(17-19-32)30-14-12-29(13-15-30)11-9-6-4-2/h18,20-27,29-31H,3-17,19,28H2,1-2H3. The van der Waals surface area contributed by atoms with Crippen LogP contribution in [0.2, 0.25) is 0 Å². The zero-order chi connectivity index (χ0) is 33.2. The molecule has 5 heteroatoms. The highest BCUT2D eigenvalue weighted by molar-refractivity contribution is 5.74. The van der Waals surface area contributed by atoms with E-state index in [2.05, 4.69) is 19.9 Å². The summed E-state index contributed by atoms with van der Waals surface area (Å²) in [5.41, 5.74) is 2.41. The molecule has 0 heterocycles. The second-order valence-electron chi connectivity index (χ2n) is 13.9. The van der Waals surface area contributed by atoms with E-state index in [1.54, 1.807) is 36.4 Å². The second kappa shape index (κ2) is 17.4. The van der Waals surface area contributed by atoms with Crippen molar-refractivity contribution in [3.05, 3.63) is 83.4 Å². The van der Waals surface area contributed by atoms with E-state index < -0.39 is 23.3 Å². The molecule has 0 bridgehead atoms. The maximum Gasteiger partial charge on any atom is 0.201 e. The van der Waals surface area contributed by atoms with Gasteiger partial charge in [-0.25, -0.2) is 13.2 Å². The molecule has 0 aliphatic heterocycles. The number of hydrogen-bond acceptors (Lipinski definition) is 1. The van der Waals surface area contributed by atoms with Gasteiger partial charge in [-0.05, 0) is 85.1 Å². The first-order valence-electron chi connectivity index (χ1n) is 18.3. The first-order chi connectivity index (χ1) is 22.9. The van der Waals surface area contributed by atoms with Gasteiger partial charge in [-0.3, -0.25) is 0 Å². The molecule has 1 nitrogen and oxygen atoms in total. The number of ether oxygens (including phenoxy) is 1. The van der Waals surface area contributed by atoms with Crippen molar-refractivity contribution in [3.63, 3.8) is 0 Å². The van der Waals surface area contributed by atoms with Gasteiger partial charge >= 0.3 is 0 Å². The van der Waals surface area contributed by atoms with Crippen molar-refractivity contribution in [2.24, 2.45) is 17.8 Å². The van der Waals surface area contributed by atoms with Gasteiger partial charge in [0.25, 0.3) is 0 Å². The van der Waals surface area contributed by atoms with Gasteiger partial charge in [0.1, 0.15) is 0 Å². The normalized spacial score (nSPS) is 19.9. The predicted octanol–water partition coefficient (Wildman–Crippen LogP) is 13.5. The summed E-state index contributed by atoms with van der Waals surface area (Å²) >= 11 is 0. The van der Waals surface area contributed by atoms with Crippen molar-refractivity contribution in [2.75, 3.05) is 6.61 Å². The van der Waals surface area contributed by atoms with Gasteiger partial charge < -0.3 is 4.74 Å². The lowest BCUT2D eigenvalue weighted by Gasteiger charge is -2.35. The number of benzene rings is 3. The van der Waals surface area contributed by atoms with E-state index in [1.165, 1.54) is 63.5 Å². The summed E-state index contributed by atoms with van der Waals surface area (Å²) in [6.07, 6.45) is 20.7. The minimum absolute atomic E-state index is 0.0916. The van der Waals surface area contributed by atoms with Crippen LogP contribution < -0.4 is 4.74 Å². The molecule has 2 aliphatic carbocycles. The number of halogens is 4. The summed E-state index contributed by atoms with van der Waals surface area (Å²) < 4.78 is 66.2. The van der Waals surface area contributed by atoms with E-state index in [1.807, 2.05) is 0 Å². The summed E-state index contributed by atoms with van der Waals surface area (Å²) in [7, 11) is 0. The summed E-state index contributed by atoms with van der Waals surface area (Å²) in [6.45, 7) is 4.74. The van der Waals surface area contributed by atoms with Crippen molar-refractivity contribution in [1.29, 1.82) is 0 Å². The molecule has 1 unspecified atom stereocenters. The van der Waals surface area contributed by atoms with Gasteiger partial charge in [-0.15, -0.1) is 0 Å². The van der Waals surface area contributed by atoms with Gasteiger partial charge in [0.05, 0.1) is 6.61 Å². The van der Waals surface area contributed by atoms with Crippen LogP contribution in [0.3, 0.4) is 0 Å². The molecule has 3 aromatic rings. The Morgan fingerprint density at radius 3 is 1.79 bits per heavy atom. The van der Waals surface area contributed by atoms with Crippen LogP contribution in [0, 0.1) is 41.0 Å². The van der Waals surface area contributed by atoms with E-state index in [0.717, 1.165) is 68.8 Å². The average Bonchev–Trinajstić information content (AvgIpc) is 3.10. The minimum atomic E-state index is -1.02. The largest absolute Gasteiger partial charge is 0.490 e. The molecule has 3 aromatic carbocycles. The topological polar surface area (TPSA) is 9.23 Å². The van der Waals surface area contributed by atoms with Crippen LogP contribution in [-0.4, -0.2) is 6.61 Å². The van der Waals surface area contributed by atoms with Crippen molar-refractivity contribution in [3.8, 4) is 28.0 Å². The highest BCUT2D eigenvalue weighted by atomic mass is 19.2. The smallest absolute Gasteiger partial charge is 0.201 e. The molecule has 1 saturated carbocycles. The molecule has 0 aromatic heterocycles. The highest BCUT2D eigenvalue weighted by Gasteiger charge is 2.29. The highest BCUT2D eigenvalue weighted by Crippen LogP contribution is 2.43. The molecule has 0 amide bonds. The Morgan fingerprint density at radius 1 is 0.574 bits per heavy atom. The fourth-order valence-electron chi connectivity index (χ4n) is 7.76. The van der Waals surface area contributed by atoms with Crippen LogP contribution in [0.25, 0.3) is 27.8 Å². The molecule has 254 valence electrons. The van der Waals surface area contributed by atoms with Gasteiger partial charge in [0, 0.05) is 16.7 Å². The summed E-state index contributed by atoms with van der Waals surface area (Å²) in [4.78, 5) is 0. The Morgan fingerprint density at radius 2 is 1.15 bits per heavy atom. The fourth-order valence-corrected chi connectivity index (χ4v) is 7.76. The SMILES string of the molecule is CCCCCCCOc1ccc(-c2ccc(-c3ccc(C4=CCC(C5CCC(CCCCC)CC5)CC4)c(F)c3F)cc2)c(F)c1F. The predicted molar refractivity (Wildman–Crippen MR) is 186 cm³/mol. The lowest BCUT2D eigenvalue weighted by atomic mass is 9.70. The maximum absolute atomic E-state index is 15.5. The molecule has 0 spiro atoms. The monoisotopic (exact) mass is 648 g/mol. The van der Waals surface area contributed by atoms with Crippen LogP contribution in [0.15, 0.2) is 54.6 Å². The van der Waals surface area contributed by atoms with Crippen molar-refractivity contribution in [1.82, 2.24) is 0 Å². The molecule has 1 fully saturated rings. The number of rotatable bonds is 15.